The molecule has 3 N–H and O–H groups in total. The van der Waals surface area contributed by atoms with Crippen molar-refractivity contribution < 1.29 is 23.6 Å². The number of carbonyl (C=O) groups excluding carboxylic acids is 2. The second kappa shape index (κ2) is 14.7. The number of hydrogen-bond donors (Lipinski definition) is 3. The molecule has 5 rings (SSSR count). The third kappa shape index (κ3) is 8.21. The predicted octanol–water partition coefficient (Wildman–Crippen LogP) is 7.10. The summed E-state index contributed by atoms with van der Waals surface area (Å²) in [5, 5.41) is 5.71. The molecule has 0 aliphatic heterocycles. The zero-order chi connectivity index (χ0) is 29.9. The number of fused-ring (bicyclic) bond motifs is 1. The van der Waals surface area contributed by atoms with Gasteiger partial charge < -0.3 is 19.8 Å². The molecule has 0 aliphatic rings. The Hall–Kier alpha value is -5.15. The number of nitrogens with zero attached hydrogens (tertiary/aromatic N) is 1. The molecule has 43 heavy (non-hydrogen) atoms. The van der Waals surface area contributed by atoms with Gasteiger partial charge in [-0.1, -0.05) is 73.2 Å². The molecule has 0 saturated carbocycles. The fourth-order valence-electron chi connectivity index (χ4n) is 4.58. The summed E-state index contributed by atoms with van der Waals surface area (Å²) < 4.78 is 11.5. The maximum Gasteiger partial charge on any atom is 0.319 e. The van der Waals surface area contributed by atoms with Crippen molar-refractivity contribution in [2.75, 3.05) is 19.0 Å². The molecule has 1 heterocycles. The molecule has 0 aliphatic carbocycles. The second-order valence-electron chi connectivity index (χ2n) is 9.97. The van der Waals surface area contributed by atoms with E-state index in [0.29, 0.717) is 54.5 Å². The van der Waals surface area contributed by atoms with Gasteiger partial charge in [-0.2, -0.15) is 0 Å². The lowest BCUT2D eigenvalue weighted by Crippen LogP contribution is -2.29. The van der Waals surface area contributed by atoms with Gasteiger partial charge in [-0.25, -0.2) is 15.3 Å². The minimum absolute atomic E-state index is 0.163. The summed E-state index contributed by atoms with van der Waals surface area (Å²) in [6.07, 6.45) is 2.57. The number of carbonyl (C=O) groups is 2. The number of hydroxylamine groups is 1. The first-order chi connectivity index (χ1) is 21.1. The quantitative estimate of drug-likeness (QED) is 0.101. The van der Waals surface area contributed by atoms with Crippen LogP contribution in [-0.2, 0) is 16.2 Å². The van der Waals surface area contributed by atoms with Gasteiger partial charge in [0.1, 0.15) is 11.3 Å². The summed E-state index contributed by atoms with van der Waals surface area (Å²) in [5.41, 5.74) is 8.24. The maximum absolute atomic E-state index is 12.6. The number of aromatic nitrogens is 1. The minimum atomic E-state index is -0.354. The standard InChI is InChI=1S/C34H34N4O5/c1-41-30-18-17-27(33-36-29-21-26(16-19-31(29)43-33)25-13-7-3-8-14-25)22-28(30)37-34(40)35-20-10-4-9-15-32(39)38-42-23-24-11-5-2-6-12-24/h2-3,5-8,11-14,16-19,21-22H,4,9-10,15,20,23H2,1H3,(H,38,39)(H2,35,37,40). The van der Waals surface area contributed by atoms with E-state index in [1.165, 1.54) is 0 Å². The second-order valence-corrected chi connectivity index (χ2v) is 9.97. The number of hydrogen-bond acceptors (Lipinski definition) is 6. The van der Waals surface area contributed by atoms with Gasteiger partial charge in [0.15, 0.2) is 5.58 Å². The van der Waals surface area contributed by atoms with Gasteiger partial charge in [-0.3, -0.25) is 9.63 Å². The van der Waals surface area contributed by atoms with E-state index in [1.807, 2.05) is 72.8 Å². The Morgan fingerprint density at radius 3 is 2.37 bits per heavy atom. The van der Waals surface area contributed by atoms with Crippen molar-refractivity contribution >= 4 is 28.7 Å². The third-order valence-corrected chi connectivity index (χ3v) is 6.82. The number of anilines is 1. The van der Waals surface area contributed by atoms with Crippen molar-refractivity contribution in [3.05, 3.63) is 103 Å². The molecular formula is C34H34N4O5. The zero-order valence-corrected chi connectivity index (χ0v) is 24.0. The maximum atomic E-state index is 12.6. The average molecular weight is 579 g/mol. The molecule has 0 unspecified atom stereocenters. The Morgan fingerprint density at radius 1 is 0.814 bits per heavy atom. The number of amides is 3. The van der Waals surface area contributed by atoms with Gasteiger partial charge >= 0.3 is 6.03 Å². The highest BCUT2D eigenvalue weighted by Crippen LogP contribution is 2.33. The van der Waals surface area contributed by atoms with E-state index in [2.05, 4.69) is 28.2 Å². The smallest absolute Gasteiger partial charge is 0.319 e. The average Bonchev–Trinajstić information content (AvgIpc) is 3.47. The van der Waals surface area contributed by atoms with Crippen molar-refractivity contribution in [2.24, 2.45) is 0 Å². The summed E-state index contributed by atoms with van der Waals surface area (Å²) >= 11 is 0. The van der Waals surface area contributed by atoms with Gasteiger partial charge in [0, 0.05) is 18.5 Å². The Bertz CT molecular complexity index is 1650. The molecule has 0 radical (unpaired) electrons. The van der Waals surface area contributed by atoms with Gasteiger partial charge in [0.2, 0.25) is 11.8 Å². The molecule has 1 aromatic heterocycles. The SMILES string of the molecule is COc1ccc(-c2nc3cc(-c4ccccc4)ccc3o2)cc1NC(=O)NCCCCCC(=O)NOCc1ccccc1. The molecule has 0 spiro atoms. The van der Waals surface area contributed by atoms with E-state index >= 15 is 0 Å². The minimum Gasteiger partial charge on any atom is -0.495 e. The fraction of sp³-hybridized carbons (Fsp3) is 0.206. The molecule has 5 aromatic rings. The summed E-state index contributed by atoms with van der Waals surface area (Å²) in [6, 6.07) is 30.7. The van der Waals surface area contributed by atoms with Crippen LogP contribution >= 0.6 is 0 Å². The van der Waals surface area contributed by atoms with E-state index in [9.17, 15) is 9.59 Å². The van der Waals surface area contributed by atoms with Crippen LogP contribution in [0.15, 0.2) is 101 Å². The van der Waals surface area contributed by atoms with E-state index in [0.717, 1.165) is 35.0 Å². The highest BCUT2D eigenvalue weighted by atomic mass is 16.6. The highest BCUT2D eigenvalue weighted by Gasteiger charge is 2.14. The van der Waals surface area contributed by atoms with E-state index in [4.69, 9.17) is 19.0 Å². The van der Waals surface area contributed by atoms with Crippen LogP contribution in [0.25, 0.3) is 33.7 Å². The lowest BCUT2D eigenvalue weighted by molar-refractivity contribution is -0.134. The lowest BCUT2D eigenvalue weighted by atomic mass is 10.1. The van der Waals surface area contributed by atoms with Gasteiger partial charge in [0.05, 0.1) is 19.4 Å². The van der Waals surface area contributed by atoms with E-state index in [-0.39, 0.29) is 11.9 Å². The lowest BCUT2D eigenvalue weighted by Gasteiger charge is -2.12. The summed E-state index contributed by atoms with van der Waals surface area (Å²) in [4.78, 5) is 34.5. The molecule has 220 valence electrons. The van der Waals surface area contributed by atoms with Crippen molar-refractivity contribution in [2.45, 2.75) is 32.3 Å². The summed E-state index contributed by atoms with van der Waals surface area (Å²) in [7, 11) is 1.55. The zero-order valence-electron chi connectivity index (χ0n) is 24.0. The van der Waals surface area contributed by atoms with Crippen LogP contribution in [0.2, 0.25) is 0 Å². The first kappa shape index (κ1) is 29.3. The van der Waals surface area contributed by atoms with Crippen LogP contribution in [-0.4, -0.2) is 30.6 Å². The van der Waals surface area contributed by atoms with Gasteiger partial charge in [-0.05, 0) is 59.9 Å². The Balaban J connectivity index is 1.08. The summed E-state index contributed by atoms with van der Waals surface area (Å²) in [5.74, 6) is 0.798. The number of methoxy groups -OCH3 is 1. The Morgan fingerprint density at radius 2 is 1.58 bits per heavy atom. The van der Waals surface area contributed by atoms with E-state index in [1.54, 1.807) is 19.2 Å². The molecule has 0 saturated heterocycles. The first-order valence-corrected chi connectivity index (χ1v) is 14.2. The third-order valence-electron chi connectivity index (χ3n) is 6.82. The van der Waals surface area contributed by atoms with Crippen molar-refractivity contribution in [3.8, 4) is 28.3 Å². The van der Waals surface area contributed by atoms with Crippen molar-refractivity contribution in [1.82, 2.24) is 15.8 Å². The van der Waals surface area contributed by atoms with Crippen LogP contribution in [0.5, 0.6) is 5.75 Å². The van der Waals surface area contributed by atoms with Crippen LogP contribution in [0.3, 0.4) is 0 Å². The monoisotopic (exact) mass is 578 g/mol. The number of nitrogens with one attached hydrogen (secondary N) is 3. The molecule has 3 amide bonds. The van der Waals surface area contributed by atoms with Crippen LogP contribution in [0.1, 0.15) is 31.2 Å². The number of rotatable bonds is 13. The topological polar surface area (TPSA) is 115 Å². The van der Waals surface area contributed by atoms with Crippen LogP contribution in [0, 0.1) is 0 Å². The first-order valence-electron chi connectivity index (χ1n) is 14.2. The molecule has 9 heteroatoms. The molecule has 0 bridgehead atoms. The number of urea groups is 1. The van der Waals surface area contributed by atoms with Crippen LogP contribution < -0.4 is 20.9 Å². The summed E-state index contributed by atoms with van der Waals surface area (Å²) in [6.45, 7) is 0.790. The Labute approximate surface area is 250 Å². The number of unbranched alkanes of at least 4 members (excludes halogenated alkanes) is 2. The normalized spacial score (nSPS) is 10.8. The van der Waals surface area contributed by atoms with Gasteiger partial charge in [0.25, 0.3) is 0 Å². The number of oxazole rings is 1. The number of ether oxygens (including phenoxy) is 1. The highest BCUT2D eigenvalue weighted by molar-refractivity contribution is 5.92. The van der Waals surface area contributed by atoms with Crippen LogP contribution in [0.4, 0.5) is 10.5 Å². The largest absolute Gasteiger partial charge is 0.495 e. The molecule has 0 atom stereocenters. The van der Waals surface area contributed by atoms with Gasteiger partial charge in [-0.15, -0.1) is 0 Å². The molecular weight excluding hydrogens is 544 g/mol. The van der Waals surface area contributed by atoms with Crippen molar-refractivity contribution in [1.29, 1.82) is 0 Å². The van der Waals surface area contributed by atoms with Crippen molar-refractivity contribution in [3.63, 3.8) is 0 Å². The fourth-order valence-corrected chi connectivity index (χ4v) is 4.58. The predicted molar refractivity (Wildman–Crippen MR) is 166 cm³/mol. The molecule has 9 nitrogen and oxygen atoms in total. The molecule has 0 fully saturated rings. The number of benzene rings is 4. The Kier molecular flexibility index (Phi) is 10.0. The molecule has 4 aromatic carbocycles. The van der Waals surface area contributed by atoms with E-state index < -0.39 is 0 Å².